The van der Waals surface area contributed by atoms with E-state index in [4.69, 9.17) is 5.11 Å². The Morgan fingerprint density at radius 3 is 2.32 bits per heavy atom. The third-order valence-corrected chi connectivity index (χ3v) is 7.30. The molecule has 1 aliphatic heterocycles. The van der Waals surface area contributed by atoms with E-state index < -0.39 is 6.61 Å². The van der Waals surface area contributed by atoms with E-state index in [-0.39, 0.29) is 35.7 Å². The lowest BCUT2D eigenvalue weighted by Gasteiger charge is -2.32. The molecule has 0 atom stereocenters. The molecule has 196 valence electrons. The van der Waals surface area contributed by atoms with Crippen LogP contribution < -0.4 is 10.9 Å². The van der Waals surface area contributed by atoms with Gasteiger partial charge in [-0.1, -0.05) is 44.2 Å². The Hall–Kier alpha value is -3.72. The summed E-state index contributed by atoms with van der Waals surface area (Å²) >= 11 is 0. The molecule has 1 aliphatic rings. The Morgan fingerprint density at radius 1 is 1.05 bits per heavy atom. The molecule has 0 aliphatic carbocycles. The van der Waals surface area contributed by atoms with E-state index in [0.29, 0.717) is 66.5 Å². The number of pyridine rings is 1. The fourth-order valence-electron chi connectivity index (χ4n) is 5.26. The number of amides is 2. The van der Waals surface area contributed by atoms with Crippen molar-refractivity contribution in [1.82, 2.24) is 19.4 Å². The highest BCUT2D eigenvalue weighted by Crippen LogP contribution is 2.25. The smallest absolute Gasteiger partial charge is 0.268 e. The molecule has 2 amide bonds. The van der Waals surface area contributed by atoms with Gasteiger partial charge in [0.25, 0.3) is 11.5 Å². The van der Waals surface area contributed by atoms with E-state index in [1.54, 1.807) is 40.8 Å². The van der Waals surface area contributed by atoms with Crippen LogP contribution in [-0.4, -0.2) is 62.5 Å². The lowest BCUT2D eigenvalue weighted by atomic mass is 10.0. The largest absolute Gasteiger partial charge is 0.387 e. The van der Waals surface area contributed by atoms with Gasteiger partial charge < -0.3 is 24.5 Å². The molecule has 0 saturated carbocycles. The van der Waals surface area contributed by atoms with Gasteiger partial charge in [-0.3, -0.25) is 19.2 Å². The molecule has 1 fully saturated rings. The molecule has 3 heterocycles. The Kier molecular flexibility index (Phi) is 7.92. The van der Waals surface area contributed by atoms with E-state index in [9.17, 15) is 19.2 Å². The lowest BCUT2D eigenvalue weighted by Crippen LogP contribution is -2.47. The number of Topliss-reactive ketones (excluding diaryl/α,β-unsaturated/α-hetero) is 1. The fourth-order valence-corrected chi connectivity index (χ4v) is 5.26. The van der Waals surface area contributed by atoms with Crippen molar-refractivity contribution in [2.24, 2.45) is 7.05 Å². The molecule has 0 spiro atoms. The van der Waals surface area contributed by atoms with E-state index in [2.05, 4.69) is 5.32 Å². The van der Waals surface area contributed by atoms with Crippen LogP contribution >= 0.6 is 0 Å². The second-order valence-corrected chi connectivity index (χ2v) is 9.46. The maximum atomic E-state index is 13.8. The fraction of sp³-hybridized carbons (Fsp3) is 0.429. The summed E-state index contributed by atoms with van der Waals surface area (Å²) in [6.07, 6.45) is 2.23. The predicted octanol–water partition coefficient (Wildman–Crippen LogP) is 2.06. The number of benzene rings is 1. The van der Waals surface area contributed by atoms with Crippen molar-refractivity contribution < 1.29 is 19.5 Å². The number of hydrogen-bond acceptors (Lipinski definition) is 5. The summed E-state index contributed by atoms with van der Waals surface area (Å²) in [7, 11) is 1.79. The zero-order valence-corrected chi connectivity index (χ0v) is 21.6. The maximum absolute atomic E-state index is 13.8. The zero-order chi connectivity index (χ0) is 26.7. The summed E-state index contributed by atoms with van der Waals surface area (Å²) in [4.78, 5) is 53.5. The molecule has 9 nitrogen and oxygen atoms in total. The number of rotatable bonds is 8. The van der Waals surface area contributed by atoms with E-state index in [1.807, 2.05) is 26.0 Å². The van der Waals surface area contributed by atoms with E-state index in [1.165, 1.54) is 4.57 Å². The molecule has 37 heavy (non-hydrogen) atoms. The molecule has 0 unspecified atom stereocenters. The number of piperidine rings is 1. The maximum Gasteiger partial charge on any atom is 0.268 e. The van der Waals surface area contributed by atoms with Gasteiger partial charge in [-0.2, -0.15) is 0 Å². The number of aryl methyl sites for hydroxylation is 3. The number of ketones is 1. The molecular weight excluding hydrogens is 472 g/mol. The van der Waals surface area contributed by atoms with Crippen LogP contribution in [0.1, 0.15) is 58.8 Å². The van der Waals surface area contributed by atoms with E-state index >= 15 is 0 Å². The van der Waals surface area contributed by atoms with Crippen molar-refractivity contribution in [2.45, 2.75) is 52.1 Å². The number of carbonyl (C=O) groups excluding carboxylic acids is 3. The SMILES string of the molecule is CCc1c(C(=O)NC2CCN(C(=O)CO)CC2)n(C)c2cc(CC)n(CC(=O)c3ccccc3)c(=O)c12. The Bertz CT molecular complexity index is 1380. The molecule has 2 aromatic heterocycles. The summed E-state index contributed by atoms with van der Waals surface area (Å²) in [5.74, 6) is -0.706. The normalized spacial score (nSPS) is 14.2. The van der Waals surface area contributed by atoms with Crippen LogP contribution in [0.3, 0.4) is 0 Å². The highest BCUT2D eigenvalue weighted by molar-refractivity contribution is 6.02. The number of fused-ring (bicyclic) bond motifs is 1. The summed E-state index contributed by atoms with van der Waals surface area (Å²) < 4.78 is 3.31. The summed E-state index contributed by atoms with van der Waals surface area (Å²) in [5.41, 5.74) is 2.80. The minimum Gasteiger partial charge on any atom is -0.387 e. The van der Waals surface area contributed by atoms with Crippen LogP contribution in [0.25, 0.3) is 10.9 Å². The zero-order valence-electron chi connectivity index (χ0n) is 21.6. The molecule has 0 bridgehead atoms. The number of nitrogens with zero attached hydrogens (tertiary/aromatic N) is 3. The molecular formula is C28H34N4O5. The van der Waals surface area contributed by atoms with Gasteiger partial charge in [0, 0.05) is 37.4 Å². The quantitative estimate of drug-likeness (QED) is 0.454. The van der Waals surface area contributed by atoms with Crippen LogP contribution in [0, 0.1) is 0 Å². The molecule has 4 rings (SSSR count). The van der Waals surface area contributed by atoms with Gasteiger partial charge in [0.15, 0.2) is 5.78 Å². The first-order chi connectivity index (χ1) is 17.8. The molecule has 1 aromatic carbocycles. The third-order valence-electron chi connectivity index (χ3n) is 7.30. The first-order valence-corrected chi connectivity index (χ1v) is 12.8. The lowest BCUT2D eigenvalue weighted by molar-refractivity contribution is -0.135. The number of carbonyl (C=O) groups is 3. The van der Waals surface area contributed by atoms with Crippen LogP contribution in [0.4, 0.5) is 0 Å². The summed E-state index contributed by atoms with van der Waals surface area (Å²) in [5, 5.41) is 12.6. The van der Waals surface area contributed by atoms with Crippen molar-refractivity contribution in [1.29, 1.82) is 0 Å². The second-order valence-electron chi connectivity index (χ2n) is 9.46. The summed E-state index contributed by atoms with van der Waals surface area (Å²) in [6, 6.07) is 10.7. The molecule has 1 saturated heterocycles. The first kappa shape index (κ1) is 26.3. The number of aliphatic hydroxyl groups excluding tert-OH is 1. The highest BCUT2D eigenvalue weighted by atomic mass is 16.3. The van der Waals surface area contributed by atoms with Crippen molar-refractivity contribution in [3.63, 3.8) is 0 Å². The first-order valence-electron chi connectivity index (χ1n) is 12.8. The minimum atomic E-state index is -0.513. The monoisotopic (exact) mass is 506 g/mol. The second kappa shape index (κ2) is 11.1. The van der Waals surface area contributed by atoms with Crippen LogP contribution in [0.2, 0.25) is 0 Å². The number of hydrogen-bond donors (Lipinski definition) is 2. The number of aromatic nitrogens is 2. The highest BCUT2D eigenvalue weighted by Gasteiger charge is 2.28. The summed E-state index contributed by atoms with van der Waals surface area (Å²) in [6.45, 7) is 4.22. The average molecular weight is 507 g/mol. The van der Waals surface area contributed by atoms with Gasteiger partial charge in [-0.25, -0.2) is 0 Å². The molecule has 0 radical (unpaired) electrons. The number of likely N-dealkylation sites (tertiary alicyclic amines) is 1. The van der Waals surface area contributed by atoms with Crippen molar-refractivity contribution in [3.8, 4) is 0 Å². The predicted molar refractivity (Wildman–Crippen MR) is 141 cm³/mol. The van der Waals surface area contributed by atoms with Gasteiger partial charge in [0.1, 0.15) is 12.3 Å². The van der Waals surface area contributed by atoms with Gasteiger partial charge in [-0.05, 0) is 37.3 Å². The van der Waals surface area contributed by atoms with Gasteiger partial charge in [0.05, 0.1) is 17.4 Å². The van der Waals surface area contributed by atoms with Gasteiger partial charge in [0.2, 0.25) is 5.91 Å². The molecule has 3 aromatic rings. The van der Waals surface area contributed by atoms with Crippen molar-refractivity contribution in [2.75, 3.05) is 19.7 Å². The van der Waals surface area contributed by atoms with Crippen molar-refractivity contribution in [3.05, 3.63) is 69.3 Å². The van der Waals surface area contributed by atoms with Gasteiger partial charge >= 0.3 is 0 Å². The third kappa shape index (κ3) is 5.09. The van der Waals surface area contributed by atoms with Crippen LogP contribution in [0.15, 0.2) is 41.2 Å². The van der Waals surface area contributed by atoms with E-state index in [0.717, 1.165) is 5.69 Å². The standard InChI is InChI=1S/C28H34N4O5/c1-4-20-15-22-25(28(37)32(20)16-23(34)18-9-7-6-8-10-18)21(5-2)26(30(22)3)27(36)29-19-11-13-31(14-12-19)24(35)17-33/h6-10,15,19,33H,4-5,11-14,16-17H2,1-3H3,(H,29,36). The average Bonchev–Trinajstić information content (AvgIpc) is 3.21. The Labute approximate surface area is 215 Å². The minimum absolute atomic E-state index is 0.0628. The topological polar surface area (TPSA) is 114 Å². The Morgan fingerprint density at radius 2 is 1.73 bits per heavy atom. The van der Waals surface area contributed by atoms with Crippen LogP contribution in [0.5, 0.6) is 0 Å². The number of nitrogens with one attached hydrogen (secondary N) is 1. The molecule has 9 heteroatoms. The number of aliphatic hydroxyl groups is 1. The van der Waals surface area contributed by atoms with Gasteiger partial charge in [-0.15, -0.1) is 0 Å². The van der Waals surface area contributed by atoms with Crippen molar-refractivity contribution >= 4 is 28.5 Å². The molecule has 2 N–H and O–H groups in total. The van der Waals surface area contributed by atoms with Crippen LogP contribution in [-0.2, 0) is 31.2 Å². The Balaban J connectivity index is 1.67.